The average Bonchev–Trinajstić information content (AvgIpc) is 2.89. The first-order valence-corrected chi connectivity index (χ1v) is 15.2. The number of nitrogens with one attached hydrogen (secondary N) is 3. The molecule has 2 unspecified atom stereocenters. The van der Waals surface area contributed by atoms with E-state index in [1.807, 2.05) is 20.8 Å². The molecule has 11 heteroatoms. The van der Waals surface area contributed by atoms with Crippen LogP contribution in [0.25, 0.3) is 0 Å². The van der Waals surface area contributed by atoms with Crippen molar-refractivity contribution in [2.24, 2.45) is 34.8 Å². The summed E-state index contributed by atoms with van der Waals surface area (Å²) in [7, 11) is 0. The first-order valence-electron chi connectivity index (χ1n) is 15.2. The number of aliphatic carboxylic acids is 1. The number of hydrogen-bond donors (Lipinski definition) is 7. The molecule has 0 heterocycles. The van der Waals surface area contributed by atoms with Gasteiger partial charge in [0, 0.05) is 12.5 Å². The van der Waals surface area contributed by atoms with Crippen LogP contribution >= 0.6 is 0 Å². The minimum Gasteiger partial charge on any atom is -0.480 e. The number of allylic oxidation sites excluding steroid dienone is 3. The van der Waals surface area contributed by atoms with Crippen molar-refractivity contribution < 1.29 is 34.4 Å². The van der Waals surface area contributed by atoms with Crippen LogP contribution < -0.4 is 16.4 Å². The molecule has 2 aliphatic carbocycles. The maximum absolute atomic E-state index is 13.0. The Morgan fingerprint density at radius 2 is 1.88 bits per heavy atom. The highest BCUT2D eigenvalue weighted by Gasteiger charge is 2.43. The molecule has 8 atom stereocenters. The van der Waals surface area contributed by atoms with Crippen LogP contribution in [-0.4, -0.2) is 70.0 Å². The number of fused-ring (bicyclic) bond motifs is 1. The van der Waals surface area contributed by atoms with Gasteiger partial charge in [-0.15, -0.1) is 0 Å². The Morgan fingerprint density at radius 3 is 2.50 bits per heavy atom. The molecule has 8 N–H and O–H groups in total. The van der Waals surface area contributed by atoms with E-state index >= 15 is 0 Å². The number of amides is 1. The van der Waals surface area contributed by atoms with Gasteiger partial charge >= 0.3 is 11.9 Å². The van der Waals surface area contributed by atoms with Crippen LogP contribution in [0.4, 0.5) is 0 Å². The quantitative estimate of drug-likeness (QED) is 0.0610. The van der Waals surface area contributed by atoms with Crippen molar-refractivity contribution in [1.82, 2.24) is 10.6 Å². The highest BCUT2D eigenvalue weighted by atomic mass is 16.5. The highest BCUT2D eigenvalue weighted by Crippen LogP contribution is 2.45. The van der Waals surface area contributed by atoms with Crippen LogP contribution in [-0.2, 0) is 19.1 Å². The lowest BCUT2D eigenvalue weighted by atomic mass is 9.65. The average molecular weight is 593 g/mol. The van der Waals surface area contributed by atoms with Crippen LogP contribution in [0.15, 0.2) is 23.8 Å². The molecular formula is C31H52N4O7. The van der Waals surface area contributed by atoms with E-state index in [0.29, 0.717) is 32.2 Å². The number of carboxylic acids is 1. The molecular weight excluding hydrogens is 540 g/mol. The van der Waals surface area contributed by atoms with Gasteiger partial charge < -0.3 is 36.4 Å². The lowest BCUT2D eigenvalue weighted by Gasteiger charge is -2.44. The van der Waals surface area contributed by atoms with Crippen LogP contribution in [0.3, 0.4) is 0 Å². The highest BCUT2D eigenvalue weighted by molar-refractivity contribution is 5.83. The number of hydrogen-bond acceptors (Lipinski definition) is 7. The molecule has 0 aliphatic heterocycles. The first-order chi connectivity index (χ1) is 19.6. The van der Waals surface area contributed by atoms with E-state index < -0.39 is 35.5 Å². The Morgan fingerprint density at radius 1 is 1.19 bits per heavy atom. The van der Waals surface area contributed by atoms with E-state index in [0.717, 1.165) is 6.42 Å². The van der Waals surface area contributed by atoms with Gasteiger partial charge in [-0.1, -0.05) is 39.0 Å². The van der Waals surface area contributed by atoms with Crippen molar-refractivity contribution in [2.45, 2.75) is 110 Å². The number of aliphatic hydroxyl groups excluding tert-OH is 2. The van der Waals surface area contributed by atoms with Gasteiger partial charge in [-0.3, -0.25) is 15.0 Å². The predicted molar refractivity (Wildman–Crippen MR) is 160 cm³/mol. The van der Waals surface area contributed by atoms with Gasteiger partial charge in [0.05, 0.1) is 24.0 Å². The molecule has 0 fully saturated rings. The Balaban J connectivity index is 1.94. The summed E-state index contributed by atoms with van der Waals surface area (Å²) in [6.07, 6.45) is 6.98. The maximum Gasteiger partial charge on any atom is 0.326 e. The summed E-state index contributed by atoms with van der Waals surface area (Å²) in [5.74, 6) is -1.55. The molecule has 2 rings (SSSR count). The summed E-state index contributed by atoms with van der Waals surface area (Å²) in [6.45, 7) is 10.3. The van der Waals surface area contributed by atoms with Crippen molar-refractivity contribution >= 4 is 23.8 Å². The summed E-state index contributed by atoms with van der Waals surface area (Å²) >= 11 is 0. The lowest BCUT2D eigenvalue weighted by Crippen LogP contribution is -2.43. The third-order valence-electron chi connectivity index (χ3n) is 8.71. The normalized spacial score (nSPS) is 25.8. The summed E-state index contributed by atoms with van der Waals surface area (Å²) in [5, 5.41) is 42.8. The standard InChI is InChI=1S/C31H52N4O7/c1-6-31(4,5)29(41)42-25-15-18(2)14-20-10-9-19(3)23(27(20)25)12-11-21(36)16-22(37)17-26(38)35-24(28(39)40)8-7-13-34-30(32)33/h9-10,14,18-19,21-25,27,36-37H,6-8,11-13,15-17H2,1-5H3,(H,35,38)(H,39,40)(H4,32,33,34)/t18-,19-,21+,22+,23-,24?,25-,27?/m0/s1. The Bertz CT molecular complexity index is 1010. The number of carbonyl (C=O) groups excluding carboxylic acids is 2. The summed E-state index contributed by atoms with van der Waals surface area (Å²) in [5.41, 5.74) is 5.81. The molecule has 0 aromatic rings. The van der Waals surface area contributed by atoms with Gasteiger partial charge in [-0.05, 0) is 82.1 Å². The smallest absolute Gasteiger partial charge is 0.326 e. The Hall–Kier alpha value is -2.92. The number of rotatable bonds is 16. The molecule has 11 nitrogen and oxygen atoms in total. The third kappa shape index (κ3) is 10.7. The molecule has 238 valence electrons. The Labute approximate surface area is 249 Å². The van der Waals surface area contributed by atoms with Crippen molar-refractivity contribution in [1.29, 1.82) is 5.41 Å². The number of aliphatic hydroxyl groups is 2. The van der Waals surface area contributed by atoms with Crippen LogP contribution in [0.5, 0.6) is 0 Å². The zero-order valence-electron chi connectivity index (χ0n) is 25.8. The van der Waals surface area contributed by atoms with Crippen molar-refractivity contribution in [2.75, 3.05) is 6.54 Å². The lowest BCUT2D eigenvalue weighted by molar-refractivity contribution is -0.164. The van der Waals surface area contributed by atoms with Gasteiger partial charge in [0.15, 0.2) is 5.96 Å². The number of ether oxygens (including phenoxy) is 1. The van der Waals surface area contributed by atoms with Gasteiger partial charge in [0.2, 0.25) is 5.91 Å². The van der Waals surface area contributed by atoms with E-state index in [4.69, 9.17) is 15.9 Å². The molecule has 2 aliphatic rings. The van der Waals surface area contributed by atoms with Crippen molar-refractivity contribution in [3.63, 3.8) is 0 Å². The molecule has 0 spiro atoms. The molecule has 0 saturated heterocycles. The predicted octanol–water partition coefficient (Wildman–Crippen LogP) is 2.85. The van der Waals surface area contributed by atoms with E-state index in [1.165, 1.54) is 5.57 Å². The zero-order chi connectivity index (χ0) is 31.6. The number of esters is 1. The van der Waals surface area contributed by atoms with Gasteiger partial charge in [-0.2, -0.15) is 0 Å². The maximum atomic E-state index is 13.0. The van der Waals surface area contributed by atoms with Crippen LogP contribution in [0.2, 0.25) is 0 Å². The topological polar surface area (TPSA) is 195 Å². The largest absolute Gasteiger partial charge is 0.480 e. The van der Waals surface area contributed by atoms with Crippen molar-refractivity contribution in [3.8, 4) is 0 Å². The SMILES string of the molecule is CCC(C)(C)C(=O)O[C@H]1C[C@@H](C)C=C2C=C[C@H](C)[C@H](CC[C@@H](O)C[C@@H](O)CC(=O)NC(CCCNC(=N)N)C(=O)O)C21. The van der Waals surface area contributed by atoms with Crippen LogP contribution in [0.1, 0.15) is 86.0 Å². The molecule has 0 bridgehead atoms. The molecule has 0 aromatic carbocycles. The molecule has 1 amide bonds. The Kier molecular flexibility index (Phi) is 13.5. The second-order valence-corrected chi connectivity index (χ2v) is 12.7. The first kappa shape index (κ1) is 35.3. The fraction of sp³-hybridized carbons (Fsp3) is 0.742. The summed E-state index contributed by atoms with van der Waals surface area (Å²) in [6, 6.07) is -1.13. The minimum absolute atomic E-state index is 0.0157. The van der Waals surface area contributed by atoms with Gasteiger partial charge in [0.1, 0.15) is 12.1 Å². The van der Waals surface area contributed by atoms with Crippen LogP contribution in [0, 0.1) is 34.5 Å². The zero-order valence-corrected chi connectivity index (χ0v) is 25.8. The molecule has 0 saturated carbocycles. The van der Waals surface area contributed by atoms with E-state index in [1.54, 1.807) is 0 Å². The van der Waals surface area contributed by atoms with E-state index in [9.17, 15) is 29.7 Å². The van der Waals surface area contributed by atoms with Gasteiger partial charge in [0.25, 0.3) is 0 Å². The fourth-order valence-corrected chi connectivity index (χ4v) is 5.82. The second kappa shape index (κ2) is 16.1. The molecule has 0 radical (unpaired) electrons. The number of guanidine groups is 1. The number of nitrogens with two attached hydrogens (primary N) is 1. The van der Waals surface area contributed by atoms with E-state index in [2.05, 4.69) is 42.7 Å². The van der Waals surface area contributed by atoms with Crippen molar-refractivity contribution in [3.05, 3.63) is 23.8 Å². The fourth-order valence-electron chi connectivity index (χ4n) is 5.82. The third-order valence-corrected chi connectivity index (χ3v) is 8.71. The number of carbonyl (C=O) groups is 3. The second-order valence-electron chi connectivity index (χ2n) is 12.7. The number of carboxylic acid groups (broad SMARTS) is 1. The summed E-state index contributed by atoms with van der Waals surface area (Å²) < 4.78 is 6.15. The van der Waals surface area contributed by atoms with Gasteiger partial charge in [-0.25, -0.2) is 4.79 Å². The summed E-state index contributed by atoms with van der Waals surface area (Å²) in [4.78, 5) is 36.9. The molecule has 0 aromatic heterocycles. The minimum atomic E-state index is -1.19. The van der Waals surface area contributed by atoms with E-state index in [-0.39, 0.29) is 61.0 Å². The monoisotopic (exact) mass is 592 g/mol. The molecule has 42 heavy (non-hydrogen) atoms.